The Morgan fingerprint density at radius 3 is 3.16 bits per heavy atom. The minimum atomic E-state index is -0.0230. The molecule has 6 heteroatoms. The van der Waals surface area contributed by atoms with Crippen molar-refractivity contribution in [3.05, 3.63) is 23.5 Å². The predicted octanol–water partition coefficient (Wildman–Crippen LogP) is 1.39. The summed E-state index contributed by atoms with van der Waals surface area (Å²) in [5.41, 5.74) is 1.77. The Hall–Kier alpha value is -1.95. The van der Waals surface area contributed by atoms with E-state index in [1.807, 2.05) is 13.8 Å². The number of hydrogen-bond acceptors (Lipinski definition) is 5. The maximum Gasteiger partial charge on any atom is 0.257 e. The van der Waals surface area contributed by atoms with Crippen molar-refractivity contribution >= 4 is 17.0 Å². The maximum atomic E-state index is 12.4. The molecule has 0 aromatic carbocycles. The first-order valence-electron chi connectivity index (χ1n) is 6.28. The highest BCUT2D eigenvalue weighted by Gasteiger charge is 2.23. The number of carbonyl (C=O) groups is 1. The molecule has 100 valence electrons. The fraction of sp³-hybridized carbons (Fsp3) is 0.462. The van der Waals surface area contributed by atoms with Crippen LogP contribution < -0.4 is 0 Å². The topological polar surface area (TPSA) is 68.5 Å². The van der Waals surface area contributed by atoms with E-state index in [2.05, 4.69) is 10.1 Å². The predicted molar refractivity (Wildman–Crippen MR) is 67.9 cm³/mol. The molecule has 0 N–H and O–H groups in total. The van der Waals surface area contributed by atoms with Gasteiger partial charge in [-0.05, 0) is 19.9 Å². The molecule has 1 saturated heterocycles. The Morgan fingerprint density at radius 1 is 1.53 bits per heavy atom. The molecule has 1 fully saturated rings. The van der Waals surface area contributed by atoms with Crippen LogP contribution in [0.2, 0.25) is 0 Å². The van der Waals surface area contributed by atoms with Crippen molar-refractivity contribution in [2.24, 2.45) is 0 Å². The van der Waals surface area contributed by atoms with Crippen LogP contribution in [0.3, 0.4) is 0 Å². The van der Waals surface area contributed by atoms with E-state index in [9.17, 15) is 4.79 Å². The quantitative estimate of drug-likeness (QED) is 0.776. The second-order valence-electron chi connectivity index (χ2n) is 4.78. The number of amides is 1. The fourth-order valence-corrected chi connectivity index (χ4v) is 2.25. The van der Waals surface area contributed by atoms with Crippen LogP contribution in [0.25, 0.3) is 11.1 Å². The molecule has 3 rings (SSSR count). The van der Waals surface area contributed by atoms with Crippen LogP contribution in [-0.4, -0.2) is 46.7 Å². The number of rotatable bonds is 1. The van der Waals surface area contributed by atoms with E-state index in [0.29, 0.717) is 31.0 Å². The van der Waals surface area contributed by atoms with Gasteiger partial charge >= 0.3 is 0 Å². The minimum Gasteiger partial charge on any atom is -0.375 e. The van der Waals surface area contributed by atoms with Gasteiger partial charge in [-0.1, -0.05) is 5.16 Å². The van der Waals surface area contributed by atoms with E-state index in [4.69, 9.17) is 9.26 Å². The Labute approximate surface area is 110 Å². The molecule has 1 aliphatic rings. The lowest BCUT2D eigenvalue weighted by molar-refractivity contribution is -0.0124. The van der Waals surface area contributed by atoms with Crippen molar-refractivity contribution in [1.82, 2.24) is 15.0 Å². The molecule has 2 aromatic heterocycles. The lowest BCUT2D eigenvalue weighted by Crippen LogP contribution is -2.44. The van der Waals surface area contributed by atoms with Crippen LogP contribution >= 0.6 is 0 Å². The number of morpholine rings is 1. The summed E-state index contributed by atoms with van der Waals surface area (Å²) in [4.78, 5) is 18.3. The number of aryl methyl sites for hydroxylation is 1. The van der Waals surface area contributed by atoms with E-state index in [-0.39, 0.29) is 12.0 Å². The summed E-state index contributed by atoms with van der Waals surface area (Å²) >= 11 is 0. The third kappa shape index (κ3) is 2.19. The highest BCUT2D eigenvalue weighted by atomic mass is 16.5. The smallest absolute Gasteiger partial charge is 0.257 e. The van der Waals surface area contributed by atoms with Crippen LogP contribution in [0, 0.1) is 6.92 Å². The van der Waals surface area contributed by atoms with Crippen LogP contribution in [0.1, 0.15) is 23.0 Å². The number of aromatic nitrogens is 2. The third-order valence-corrected chi connectivity index (χ3v) is 3.29. The van der Waals surface area contributed by atoms with Gasteiger partial charge in [-0.3, -0.25) is 4.79 Å². The maximum absolute atomic E-state index is 12.4. The Morgan fingerprint density at radius 2 is 2.37 bits per heavy atom. The number of fused-ring (bicyclic) bond motifs is 1. The molecule has 0 spiro atoms. The highest BCUT2D eigenvalue weighted by molar-refractivity contribution is 5.97. The van der Waals surface area contributed by atoms with Gasteiger partial charge < -0.3 is 14.2 Å². The summed E-state index contributed by atoms with van der Waals surface area (Å²) in [5.74, 6) is -0.0230. The van der Waals surface area contributed by atoms with Crippen molar-refractivity contribution in [2.45, 2.75) is 20.0 Å². The number of hydrogen-bond donors (Lipinski definition) is 0. The van der Waals surface area contributed by atoms with Gasteiger partial charge in [-0.25, -0.2) is 4.98 Å². The molecule has 1 atom stereocenters. The van der Waals surface area contributed by atoms with E-state index < -0.39 is 0 Å². The molecule has 0 aliphatic carbocycles. The molecule has 1 amide bonds. The van der Waals surface area contributed by atoms with Crippen LogP contribution in [0.5, 0.6) is 0 Å². The van der Waals surface area contributed by atoms with Crippen molar-refractivity contribution in [2.75, 3.05) is 19.7 Å². The SMILES string of the molecule is Cc1noc2ncc(C(=O)N3CCO[C@@H](C)C3)cc12. The van der Waals surface area contributed by atoms with Crippen molar-refractivity contribution in [1.29, 1.82) is 0 Å². The van der Waals surface area contributed by atoms with Crippen molar-refractivity contribution < 1.29 is 14.1 Å². The van der Waals surface area contributed by atoms with E-state index in [1.165, 1.54) is 6.20 Å². The van der Waals surface area contributed by atoms with Gasteiger partial charge in [0.2, 0.25) is 0 Å². The Bertz CT molecular complexity index is 623. The molecule has 3 heterocycles. The molecule has 0 saturated carbocycles. The second kappa shape index (κ2) is 4.62. The van der Waals surface area contributed by atoms with Gasteiger partial charge in [0.25, 0.3) is 11.6 Å². The molecule has 19 heavy (non-hydrogen) atoms. The summed E-state index contributed by atoms with van der Waals surface area (Å²) in [5, 5.41) is 4.62. The molecule has 2 aromatic rings. The van der Waals surface area contributed by atoms with E-state index in [0.717, 1.165) is 11.1 Å². The normalized spacial score (nSPS) is 19.9. The summed E-state index contributed by atoms with van der Waals surface area (Å²) in [6.07, 6.45) is 1.61. The zero-order valence-corrected chi connectivity index (χ0v) is 10.9. The van der Waals surface area contributed by atoms with Gasteiger partial charge in [-0.2, -0.15) is 0 Å². The summed E-state index contributed by atoms with van der Waals surface area (Å²) in [6, 6.07) is 1.79. The third-order valence-electron chi connectivity index (χ3n) is 3.29. The van der Waals surface area contributed by atoms with Crippen LogP contribution in [0.15, 0.2) is 16.8 Å². The average Bonchev–Trinajstić information content (AvgIpc) is 2.79. The fourth-order valence-electron chi connectivity index (χ4n) is 2.25. The number of carbonyl (C=O) groups excluding carboxylic acids is 1. The molecule has 1 aliphatic heterocycles. The minimum absolute atomic E-state index is 0.0230. The van der Waals surface area contributed by atoms with Crippen LogP contribution in [-0.2, 0) is 4.74 Å². The number of nitrogens with zero attached hydrogens (tertiary/aromatic N) is 3. The molecular weight excluding hydrogens is 246 g/mol. The van der Waals surface area contributed by atoms with Crippen molar-refractivity contribution in [3.8, 4) is 0 Å². The summed E-state index contributed by atoms with van der Waals surface area (Å²) in [7, 11) is 0. The first kappa shape index (κ1) is 12.1. The van der Waals surface area contributed by atoms with Gasteiger partial charge in [0, 0.05) is 19.3 Å². The molecule has 0 bridgehead atoms. The molecular formula is C13H15N3O3. The number of pyridine rings is 1. The summed E-state index contributed by atoms with van der Waals surface area (Å²) in [6.45, 7) is 5.60. The van der Waals surface area contributed by atoms with Gasteiger partial charge in [0.1, 0.15) is 0 Å². The first-order valence-corrected chi connectivity index (χ1v) is 6.28. The van der Waals surface area contributed by atoms with E-state index >= 15 is 0 Å². The van der Waals surface area contributed by atoms with Gasteiger partial charge in [-0.15, -0.1) is 0 Å². The largest absolute Gasteiger partial charge is 0.375 e. The first-order chi connectivity index (χ1) is 9.15. The lowest BCUT2D eigenvalue weighted by atomic mass is 10.1. The second-order valence-corrected chi connectivity index (χ2v) is 4.78. The zero-order valence-electron chi connectivity index (χ0n) is 10.9. The van der Waals surface area contributed by atoms with Crippen molar-refractivity contribution in [3.63, 3.8) is 0 Å². The highest BCUT2D eigenvalue weighted by Crippen LogP contribution is 2.18. The van der Waals surface area contributed by atoms with E-state index in [1.54, 1.807) is 11.0 Å². The average molecular weight is 261 g/mol. The monoisotopic (exact) mass is 261 g/mol. The molecule has 6 nitrogen and oxygen atoms in total. The summed E-state index contributed by atoms with van der Waals surface area (Å²) < 4.78 is 10.5. The molecule has 0 radical (unpaired) electrons. The molecule has 0 unspecified atom stereocenters. The lowest BCUT2D eigenvalue weighted by Gasteiger charge is -2.31. The standard InChI is InChI=1S/C13H15N3O3/c1-8-7-16(3-4-18-8)13(17)10-5-11-9(2)15-19-12(11)14-6-10/h5-6,8H,3-4,7H2,1-2H3/t8-/m0/s1. The zero-order chi connectivity index (χ0) is 13.4. The number of ether oxygens (including phenoxy) is 1. The Kier molecular flexibility index (Phi) is 2.94. The van der Waals surface area contributed by atoms with Gasteiger partial charge in [0.15, 0.2) is 0 Å². The van der Waals surface area contributed by atoms with Gasteiger partial charge in [0.05, 0.1) is 29.4 Å². The Balaban J connectivity index is 1.90. The van der Waals surface area contributed by atoms with Crippen LogP contribution in [0.4, 0.5) is 0 Å².